The average Bonchev–Trinajstić information content (AvgIpc) is 3.26. The van der Waals surface area contributed by atoms with Crippen LogP contribution in [-0.2, 0) is 11.2 Å². The van der Waals surface area contributed by atoms with Crippen molar-refractivity contribution in [3.05, 3.63) is 59.2 Å². The molecule has 6 N–H and O–H groups in total. The third kappa shape index (κ3) is 6.60. The number of carbonyl (C=O) groups is 1. The SMILES string of the molecule is CCc1cc(C(Nc2ccc(C(=N)N)cc2)C(=O)O)ccc1OCCC1CCCN1.Cl. The predicted molar refractivity (Wildman–Crippen MR) is 126 cm³/mol. The molecule has 0 radical (unpaired) electrons. The molecule has 1 aliphatic heterocycles. The van der Waals surface area contributed by atoms with Crippen molar-refractivity contribution in [3.63, 3.8) is 0 Å². The zero-order valence-corrected chi connectivity index (χ0v) is 18.5. The highest BCUT2D eigenvalue weighted by Gasteiger charge is 2.21. The van der Waals surface area contributed by atoms with E-state index in [1.54, 1.807) is 30.3 Å². The number of aryl methyl sites for hydroxylation is 1. The first-order valence-electron chi connectivity index (χ1n) is 10.4. The Hall–Kier alpha value is -2.77. The van der Waals surface area contributed by atoms with Crippen LogP contribution in [0.4, 0.5) is 5.69 Å². The maximum atomic E-state index is 11.9. The molecule has 1 fully saturated rings. The van der Waals surface area contributed by atoms with Gasteiger partial charge in [0, 0.05) is 17.3 Å². The Bertz CT molecular complexity index is 883. The minimum absolute atomic E-state index is 0. The Balaban J connectivity index is 0.00000341. The summed E-state index contributed by atoms with van der Waals surface area (Å²) in [4.78, 5) is 11.9. The molecule has 1 aliphatic rings. The van der Waals surface area contributed by atoms with Gasteiger partial charge in [-0.25, -0.2) is 4.79 Å². The first-order chi connectivity index (χ1) is 14.5. The van der Waals surface area contributed by atoms with E-state index < -0.39 is 12.0 Å². The van der Waals surface area contributed by atoms with Crippen LogP contribution in [-0.4, -0.2) is 36.1 Å². The minimum atomic E-state index is -0.964. The minimum Gasteiger partial charge on any atom is -0.493 e. The van der Waals surface area contributed by atoms with E-state index in [9.17, 15) is 9.90 Å². The van der Waals surface area contributed by atoms with Gasteiger partial charge in [0.15, 0.2) is 6.04 Å². The third-order valence-electron chi connectivity index (χ3n) is 5.44. The highest BCUT2D eigenvalue weighted by Crippen LogP contribution is 2.27. The number of aliphatic carboxylic acids is 1. The van der Waals surface area contributed by atoms with Gasteiger partial charge in [-0.15, -0.1) is 12.4 Å². The highest BCUT2D eigenvalue weighted by molar-refractivity contribution is 5.95. The Morgan fingerprint density at radius 2 is 2.06 bits per heavy atom. The quantitative estimate of drug-likeness (QED) is 0.280. The lowest BCUT2D eigenvalue weighted by Gasteiger charge is -2.19. The largest absolute Gasteiger partial charge is 0.493 e. The molecular weight excluding hydrogens is 416 g/mol. The standard InChI is InChI=1S/C23H30N4O3.ClH/c1-2-15-14-17(7-10-20(15)30-13-11-18-4-3-12-26-18)21(23(28)29)27-19-8-5-16(6-9-19)22(24)25;/h5-10,14,18,21,26-27H,2-4,11-13H2,1H3,(H3,24,25)(H,28,29);1H. The number of rotatable bonds is 10. The summed E-state index contributed by atoms with van der Waals surface area (Å²) in [5.41, 5.74) is 8.37. The number of anilines is 1. The number of amidine groups is 1. The normalized spacial score (nSPS) is 16.2. The Morgan fingerprint density at radius 3 is 2.65 bits per heavy atom. The van der Waals surface area contributed by atoms with Crippen molar-refractivity contribution < 1.29 is 14.6 Å². The van der Waals surface area contributed by atoms with E-state index in [1.807, 2.05) is 19.1 Å². The monoisotopic (exact) mass is 446 g/mol. The molecule has 168 valence electrons. The van der Waals surface area contributed by atoms with Gasteiger partial charge in [0.2, 0.25) is 0 Å². The Morgan fingerprint density at radius 1 is 1.32 bits per heavy atom. The van der Waals surface area contributed by atoms with E-state index in [0.717, 1.165) is 30.7 Å². The lowest BCUT2D eigenvalue weighted by Crippen LogP contribution is -2.23. The van der Waals surface area contributed by atoms with Crippen molar-refractivity contribution in [2.45, 2.75) is 44.7 Å². The number of carboxylic acid groups (broad SMARTS) is 1. The van der Waals surface area contributed by atoms with Crippen molar-refractivity contribution in [2.24, 2.45) is 5.73 Å². The molecule has 3 rings (SSSR count). The maximum absolute atomic E-state index is 11.9. The van der Waals surface area contributed by atoms with Crippen molar-refractivity contribution in [3.8, 4) is 5.75 Å². The van der Waals surface area contributed by atoms with E-state index in [1.165, 1.54) is 12.8 Å². The summed E-state index contributed by atoms with van der Waals surface area (Å²) in [7, 11) is 0. The zero-order chi connectivity index (χ0) is 21.5. The van der Waals surface area contributed by atoms with Crippen LogP contribution >= 0.6 is 12.4 Å². The first kappa shape index (κ1) is 24.5. The number of nitrogen functional groups attached to an aromatic ring is 1. The van der Waals surface area contributed by atoms with Crippen LogP contribution in [0.2, 0.25) is 0 Å². The molecule has 2 aromatic carbocycles. The molecule has 2 aromatic rings. The lowest BCUT2D eigenvalue weighted by atomic mass is 10.0. The summed E-state index contributed by atoms with van der Waals surface area (Å²) in [5.74, 6) is -0.175. The van der Waals surface area contributed by atoms with Crippen LogP contribution in [0.1, 0.15) is 48.9 Å². The summed E-state index contributed by atoms with van der Waals surface area (Å²) < 4.78 is 6.00. The summed E-state index contributed by atoms with van der Waals surface area (Å²) in [5, 5.41) is 23.8. The second-order valence-electron chi connectivity index (χ2n) is 7.56. The third-order valence-corrected chi connectivity index (χ3v) is 5.44. The second kappa shape index (κ2) is 11.6. The van der Waals surface area contributed by atoms with Gasteiger partial charge in [-0.05, 0) is 79.8 Å². The van der Waals surface area contributed by atoms with Gasteiger partial charge in [-0.2, -0.15) is 0 Å². The van der Waals surface area contributed by atoms with E-state index in [-0.39, 0.29) is 18.2 Å². The van der Waals surface area contributed by atoms with Gasteiger partial charge in [0.25, 0.3) is 0 Å². The van der Waals surface area contributed by atoms with E-state index in [2.05, 4.69) is 10.6 Å². The molecule has 1 heterocycles. The number of nitrogens with one attached hydrogen (secondary N) is 3. The number of ether oxygens (including phenoxy) is 1. The average molecular weight is 447 g/mol. The number of carboxylic acids is 1. The van der Waals surface area contributed by atoms with Gasteiger partial charge >= 0.3 is 5.97 Å². The lowest BCUT2D eigenvalue weighted by molar-refractivity contribution is -0.138. The smallest absolute Gasteiger partial charge is 0.330 e. The molecule has 2 unspecified atom stereocenters. The Labute approximate surface area is 189 Å². The second-order valence-corrected chi connectivity index (χ2v) is 7.56. The fraction of sp³-hybridized carbons (Fsp3) is 0.391. The van der Waals surface area contributed by atoms with Crippen LogP contribution in [0.25, 0.3) is 0 Å². The molecule has 2 atom stereocenters. The van der Waals surface area contributed by atoms with Crippen LogP contribution in [0, 0.1) is 5.41 Å². The van der Waals surface area contributed by atoms with E-state index >= 15 is 0 Å². The highest BCUT2D eigenvalue weighted by atomic mass is 35.5. The number of hydrogen-bond acceptors (Lipinski definition) is 5. The molecule has 1 saturated heterocycles. The molecule has 0 saturated carbocycles. The number of hydrogen-bond donors (Lipinski definition) is 5. The summed E-state index contributed by atoms with van der Waals surface area (Å²) in [6.45, 7) is 3.77. The van der Waals surface area contributed by atoms with Gasteiger partial charge in [0.1, 0.15) is 11.6 Å². The Kier molecular flexibility index (Phi) is 9.15. The van der Waals surface area contributed by atoms with Crippen LogP contribution in [0.3, 0.4) is 0 Å². The summed E-state index contributed by atoms with van der Waals surface area (Å²) in [6, 6.07) is 12.0. The van der Waals surface area contributed by atoms with Crippen molar-refractivity contribution in [2.75, 3.05) is 18.5 Å². The van der Waals surface area contributed by atoms with E-state index in [4.69, 9.17) is 15.9 Å². The number of nitrogens with two attached hydrogens (primary N) is 1. The molecule has 0 amide bonds. The molecule has 31 heavy (non-hydrogen) atoms. The predicted octanol–water partition coefficient (Wildman–Crippen LogP) is 3.71. The van der Waals surface area contributed by atoms with Gasteiger partial charge in [-0.3, -0.25) is 5.41 Å². The molecule has 0 spiro atoms. The van der Waals surface area contributed by atoms with Gasteiger partial charge in [-0.1, -0.05) is 13.0 Å². The fourth-order valence-electron chi connectivity index (χ4n) is 3.71. The molecule has 8 heteroatoms. The molecule has 0 aliphatic carbocycles. The van der Waals surface area contributed by atoms with Crippen LogP contribution < -0.4 is 21.1 Å². The number of benzene rings is 2. The molecule has 0 aromatic heterocycles. The van der Waals surface area contributed by atoms with Gasteiger partial charge < -0.3 is 26.2 Å². The van der Waals surface area contributed by atoms with E-state index in [0.29, 0.717) is 29.5 Å². The molecular formula is C23H31ClN4O3. The first-order valence-corrected chi connectivity index (χ1v) is 10.4. The van der Waals surface area contributed by atoms with Gasteiger partial charge in [0.05, 0.1) is 6.61 Å². The van der Waals surface area contributed by atoms with Crippen molar-refractivity contribution in [1.82, 2.24) is 5.32 Å². The van der Waals surface area contributed by atoms with Crippen LogP contribution in [0.5, 0.6) is 5.75 Å². The summed E-state index contributed by atoms with van der Waals surface area (Å²) >= 11 is 0. The van der Waals surface area contributed by atoms with Crippen molar-refractivity contribution in [1.29, 1.82) is 5.41 Å². The molecule has 0 bridgehead atoms. The summed E-state index contributed by atoms with van der Waals surface area (Å²) in [6.07, 6.45) is 4.15. The maximum Gasteiger partial charge on any atom is 0.330 e. The number of halogens is 1. The topological polar surface area (TPSA) is 120 Å². The fourth-order valence-corrected chi connectivity index (χ4v) is 3.71. The zero-order valence-electron chi connectivity index (χ0n) is 17.7. The molecule has 7 nitrogen and oxygen atoms in total. The van der Waals surface area contributed by atoms with Crippen molar-refractivity contribution >= 4 is 29.9 Å². The van der Waals surface area contributed by atoms with Crippen LogP contribution in [0.15, 0.2) is 42.5 Å².